The van der Waals surface area contributed by atoms with Crippen molar-refractivity contribution in [2.24, 2.45) is 10.9 Å². The van der Waals surface area contributed by atoms with Gasteiger partial charge in [0.15, 0.2) is 5.17 Å². The molecule has 0 bridgehead atoms. The highest BCUT2D eigenvalue weighted by molar-refractivity contribution is 8.14. The van der Waals surface area contributed by atoms with Gasteiger partial charge in [-0.05, 0) is 37.4 Å². The van der Waals surface area contributed by atoms with E-state index >= 15 is 0 Å². The topological polar surface area (TPSA) is 27.6 Å². The van der Waals surface area contributed by atoms with Crippen LogP contribution < -0.4 is 5.32 Å². The predicted molar refractivity (Wildman–Crippen MR) is 92.1 cm³/mol. The molecule has 2 atom stereocenters. The van der Waals surface area contributed by atoms with Gasteiger partial charge in [0.05, 0.1) is 0 Å². The molecule has 0 aliphatic carbocycles. The molecule has 1 aromatic rings. The van der Waals surface area contributed by atoms with Crippen LogP contribution in [0, 0.1) is 5.92 Å². The van der Waals surface area contributed by atoms with Crippen LogP contribution in [0.2, 0.25) is 0 Å². The number of hydrogen-bond acceptors (Lipinski definition) is 3. The quantitative estimate of drug-likeness (QED) is 0.906. The fourth-order valence-electron chi connectivity index (χ4n) is 3.10. The summed E-state index contributed by atoms with van der Waals surface area (Å²) in [4.78, 5) is 7.33. The normalized spacial score (nSPS) is 28.1. The Bertz CT molecular complexity index is 474. The SMILES string of the molecule is CCN1CCC(CN=C2NC(Cc3ccccc3)CS2)C1. The summed E-state index contributed by atoms with van der Waals surface area (Å²) < 4.78 is 0. The van der Waals surface area contributed by atoms with Crippen LogP contribution in [0.4, 0.5) is 0 Å². The highest BCUT2D eigenvalue weighted by Gasteiger charge is 2.23. The molecule has 0 saturated carbocycles. The van der Waals surface area contributed by atoms with Crippen LogP contribution in [0.25, 0.3) is 0 Å². The Labute approximate surface area is 132 Å². The third kappa shape index (κ3) is 4.24. The Morgan fingerprint density at radius 2 is 2.19 bits per heavy atom. The number of nitrogens with one attached hydrogen (secondary N) is 1. The number of nitrogens with zero attached hydrogens (tertiary/aromatic N) is 2. The molecule has 4 heteroatoms. The van der Waals surface area contributed by atoms with Gasteiger partial charge in [0.2, 0.25) is 0 Å². The van der Waals surface area contributed by atoms with Gasteiger partial charge >= 0.3 is 0 Å². The first-order valence-electron chi connectivity index (χ1n) is 8.03. The standard InChI is InChI=1S/C17H25N3S/c1-2-20-9-8-15(12-20)11-18-17-19-16(13-21-17)10-14-6-4-3-5-7-14/h3-7,15-16H,2,8-13H2,1H3,(H,18,19). The van der Waals surface area contributed by atoms with Crippen LogP contribution >= 0.6 is 11.8 Å². The summed E-state index contributed by atoms with van der Waals surface area (Å²) in [5.74, 6) is 1.90. The highest BCUT2D eigenvalue weighted by Crippen LogP contribution is 2.20. The van der Waals surface area contributed by atoms with Crippen LogP contribution in [0.15, 0.2) is 35.3 Å². The molecule has 1 aromatic carbocycles. The summed E-state index contributed by atoms with van der Waals surface area (Å²) in [7, 11) is 0. The van der Waals surface area contributed by atoms with Gasteiger partial charge in [0, 0.05) is 24.9 Å². The van der Waals surface area contributed by atoms with E-state index in [1.54, 1.807) is 0 Å². The smallest absolute Gasteiger partial charge is 0.156 e. The van der Waals surface area contributed by atoms with E-state index in [0.29, 0.717) is 6.04 Å². The van der Waals surface area contributed by atoms with Crippen LogP contribution in [-0.2, 0) is 6.42 Å². The minimum atomic E-state index is 0.534. The number of hydrogen-bond donors (Lipinski definition) is 1. The first kappa shape index (κ1) is 14.9. The van der Waals surface area contributed by atoms with Gasteiger partial charge in [0.25, 0.3) is 0 Å². The summed E-state index contributed by atoms with van der Waals surface area (Å²) >= 11 is 1.88. The molecule has 114 valence electrons. The maximum absolute atomic E-state index is 4.81. The van der Waals surface area contributed by atoms with Crippen LogP contribution in [0.3, 0.4) is 0 Å². The van der Waals surface area contributed by atoms with Gasteiger partial charge in [-0.1, -0.05) is 49.0 Å². The third-order valence-corrected chi connectivity index (χ3v) is 5.47. The minimum Gasteiger partial charge on any atom is -0.361 e. The molecule has 0 spiro atoms. The molecular formula is C17H25N3S. The van der Waals surface area contributed by atoms with Crippen molar-refractivity contribution in [2.75, 3.05) is 31.9 Å². The zero-order valence-corrected chi connectivity index (χ0v) is 13.6. The van der Waals surface area contributed by atoms with Crippen molar-refractivity contribution in [1.82, 2.24) is 10.2 Å². The number of rotatable bonds is 5. The average Bonchev–Trinajstić information content (AvgIpc) is 3.15. The number of likely N-dealkylation sites (tertiary alicyclic amines) is 1. The molecule has 2 heterocycles. The number of amidine groups is 1. The van der Waals surface area contributed by atoms with Gasteiger partial charge < -0.3 is 10.2 Å². The molecular weight excluding hydrogens is 278 g/mol. The first-order chi connectivity index (χ1) is 10.3. The minimum absolute atomic E-state index is 0.534. The second-order valence-corrected chi connectivity index (χ2v) is 7.04. The van der Waals surface area contributed by atoms with Gasteiger partial charge in [-0.15, -0.1) is 0 Å². The maximum atomic E-state index is 4.81. The Balaban J connectivity index is 1.45. The van der Waals surface area contributed by atoms with Crippen LogP contribution in [0.1, 0.15) is 18.9 Å². The molecule has 0 radical (unpaired) electrons. The van der Waals surface area contributed by atoms with Crippen LogP contribution in [-0.4, -0.2) is 48.0 Å². The summed E-state index contributed by atoms with van der Waals surface area (Å²) in [6.07, 6.45) is 2.41. The average molecular weight is 303 g/mol. The zero-order valence-electron chi connectivity index (χ0n) is 12.8. The molecule has 1 N–H and O–H groups in total. The first-order valence-corrected chi connectivity index (χ1v) is 9.02. The van der Waals surface area contributed by atoms with Crippen molar-refractivity contribution in [3.63, 3.8) is 0 Å². The van der Waals surface area contributed by atoms with Crippen LogP contribution in [0.5, 0.6) is 0 Å². The van der Waals surface area contributed by atoms with E-state index in [4.69, 9.17) is 4.99 Å². The molecule has 2 fully saturated rings. The van der Waals surface area contributed by atoms with Crippen molar-refractivity contribution >= 4 is 16.9 Å². The van der Waals surface area contributed by atoms with E-state index in [1.165, 1.54) is 31.6 Å². The fourth-order valence-corrected chi connectivity index (χ4v) is 4.07. The zero-order chi connectivity index (χ0) is 14.5. The lowest BCUT2D eigenvalue weighted by Gasteiger charge is -2.12. The maximum Gasteiger partial charge on any atom is 0.156 e. The summed E-state index contributed by atoms with van der Waals surface area (Å²) in [6.45, 7) is 6.90. The van der Waals surface area contributed by atoms with Crippen molar-refractivity contribution in [1.29, 1.82) is 0 Å². The van der Waals surface area contributed by atoms with E-state index < -0.39 is 0 Å². The molecule has 2 aliphatic rings. The van der Waals surface area contributed by atoms with Crippen molar-refractivity contribution in [2.45, 2.75) is 25.8 Å². The van der Waals surface area contributed by atoms with Gasteiger partial charge in [0.1, 0.15) is 0 Å². The van der Waals surface area contributed by atoms with Gasteiger partial charge in [-0.25, -0.2) is 0 Å². The summed E-state index contributed by atoms with van der Waals surface area (Å²) in [6, 6.07) is 11.3. The third-order valence-electron chi connectivity index (χ3n) is 4.38. The molecule has 2 aliphatic heterocycles. The van der Waals surface area contributed by atoms with Gasteiger partial charge in [-0.3, -0.25) is 4.99 Å². The summed E-state index contributed by atoms with van der Waals surface area (Å²) in [5.41, 5.74) is 1.41. The Morgan fingerprint density at radius 3 is 2.95 bits per heavy atom. The molecule has 0 aromatic heterocycles. The Morgan fingerprint density at radius 1 is 1.33 bits per heavy atom. The van der Waals surface area contributed by atoms with E-state index in [1.807, 2.05) is 11.8 Å². The van der Waals surface area contributed by atoms with Crippen molar-refractivity contribution in [3.05, 3.63) is 35.9 Å². The number of benzene rings is 1. The van der Waals surface area contributed by atoms with E-state index in [0.717, 1.165) is 29.8 Å². The lowest BCUT2D eigenvalue weighted by molar-refractivity contribution is 0.344. The largest absolute Gasteiger partial charge is 0.361 e. The Kier molecular flexibility index (Phi) is 5.20. The molecule has 3 rings (SSSR count). The van der Waals surface area contributed by atoms with E-state index in [2.05, 4.69) is 47.5 Å². The fraction of sp³-hybridized carbons (Fsp3) is 0.588. The van der Waals surface area contributed by atoms with Crippen molar-refractivity contribution < 1.29 is 0 Å². The Hall–Kier alpha value is -1.00. The van der Waals surface area contributed by atoms with Crippen molar-refractivity contribution in [3.8, 4) is 0 Å². The molecule has 21 heavy (non-hydrogen) atoms. The number of aliphatic imine (C=N–C) groups is 1. The number of thioether (sulfide) groups is 1. The second kappa shape index (κ2) is 7.32. The molecule has 2 unspecified atom stereocenters. The molecule has 3 nitrogen and oxygen atoms in total. The highest BCUT2D eigenvalue weighted by atomic mass is 32.2. The van der Waals surface area contributed by atoms with E-state index in [9.17, 15) is 0 Å². The molecule has 2 saturated heterocycles. The summed E-state index contributed by atoms with van der Waals surface area (Å²) in [5, 5.41) is 4.75. The lowest BCUT2D eigenvalue weighted by atomic mass is 10.1. The molecule has 0 amide bonds. The predicted octanol–water partition coefficient (Wildman–Crippen LogP) is 2.63. The lowest BCUT2D eigenvalue weighted by Crippen LogP contribution is -2.29. The van der Waals surface area contributed by atoms with Gasteiger partial charge in [-0.2, -0.15) is 0 Å². The monoisotopic (exact) mass is 303 g/mol. The second-order valence-electron chi connectivity index (χ2n) is 6.04. The van der Waals surface area contributed by atoms with E-state index in [-0.39, 0.29) is 0 Å².